The monoisotopic (exact) mass is 584 g/mol. The SMILES string of the molecule is C1=CC2Sc3c(ccc4c5ccccc5n(-c5ccc(C6=NC(c7ccccc7)N=C(c7ccccc7)N6)cc5)c34)C2C=C1. The predicted molar refractivity (Wildman–Crippen MR) is 183 cm³/mol. The zero-order valence-corrected chi connectivity index (χ0v) is 24.7. The summed E-state index contributed by atoms with van der Waals surface area (Å²) in [6, 6.07) is 42.8. The van der Waals surface area contributed by atoms with E-state index in [0.717, 1.165) is 34.0 Å². The Bertz CT molecular complexity index is 2170. The summed E-state index contributed by atoms with van der Waals surface area (Å²) in [5.74, 6) is 2.07. The van der Waals surface area contributed by atoms with E-state index in [9.17, 15) is 0 Å². The van der Waals surface area contributed by atoms with E-state index in [-0.39, 0.29) is 6.17 Å². The normalized spacial score (nSPS) is 20.2. The highest BCUT2D eigenvalue weighted by atomic mass is 32.2. The van der Waals surface area contributed by atoms with Crippen molar-refractivity contribution >= 4 is 45.2 Å². The molecule has 210 valence electrons. The van der Waals surface area contributed by atoms with E-state index in [1.165, 1.54) is 32.3 Å². The lowest BCUT2D eigenvalue weighted by molar-refractivity contribution is 0.756. The van der Waals surface area contributed by atoms with Gasteiger partial charge >= 0.3 is 0 Å². The van der Waals surface area contributed by atoms with E-state index >= 15 is 0 Å². The Balaban J connectivity index is 1.16. The fourth-order valence-electron chi connectivity index (χ4n) is 6.70. The van der Waals surface area contributed by atoms with E-state index in [0.29, 0.717) is 11.2 Å². The molecule has 3 heterocycles. The summed E-state index contributed by atoms with van der Waals surface area (Å²) in [7, 11) is 0. The second-order valence-electron chi connectivity index (χ2n) is 11.4. The summed E-state index contributed by atoms with van der Waals surface area (Å²) in [6.07, 6.45) is 8.75. The molecule has 3 atom stereocenters. The minimum Gasteiger partial charge on any atom is -0.324 e. The van der Waals surface area contributed by atoms with Gasteiger partial charge in [-0.1, -0.05) is 115 Å². The van der Waals surface area contributed by atoms with Crippen LogP contribution in [-0.2, 0) is 0 Å². The molecule has 0 bridgehead atoms. The first kappa shape index (κ1) is 25.4. The topological polar surface area (TPSA) is 41.7 Å². The summed E-state index contributed by atoms with van der Waals surface area (Å²) < 4.78 is 2.45. The van der Waals surface area contributed by atoms with Crippen LogP contribution in [0.3, 0.4) is 0 Å². The highest BCUT2D eigenvalue weighted by Crippen LogP contribution is 2.52. The van der Waals surface area contributed by atoms with Crippen LogP contribution in [0.2, 0.25) is 0 Å². The van der Waals surface area contributed by atoms with Gasteiger partial charge in [0.1, 0.15) is 11.7 Å². The van der Waals surface area contributed by atoms with Gasteiger partial charge in [-0.2, -0.15) is 0 Å². The Labute approximate surface area is 260 Å². The van der Waals surface area contributed by atoms with E-state index in [1.54, 1.807) is 0 Å². The van der Waals surface area contributed by atoms with E-state index in [4.69, 9.17) is 9.98 Å². The molecule has 1 aliphatic carbocycles. The Kier molecular flexibility index (Phi) is 5.91. The van der Waals surface area contributed by atoms with Crippen molar-refractivity contribution in [3.05, 3.63) is 168 Å². The molecule has 5 heteroatoms. The first-order valence-electron chi connectivity index (χ1n) is 15.0. The number of benzene rings is 5. The van der Waals surface area contributed by atoms with Crippen LogP contribution in [0.4, 0.5) is 0 Å². The van der Waals surface area contributed by atoms with Crippen LogP contribution in [0, 0.1) is 0 Å². The van der Waals surface area contributed by atoms with Gasteiger partial charge in [0.15, 0.2) is 6.17 Å². The fraction of sp³-hybridized carbons (Fsp3) is 0.0769. The van der Waals surface area contributed by atoms with Gasteiger partial charge in [-0.15, -0.1) is 11.8 Å². The van der Waals surface area contributed by atoms with Crippen LogP contribution in [0.15, 0.2) is 161 Å². The molecule has 0 spiro atoms. The molecule has 1 aromatic heterocycles. The average Bonchev–Trinajstić information content (AvgIpc) is 3.65. The number of amidine groups is 2. The summed E-state index contributed by atoms with van der Waals surface area (Å²) >= 11 is 1.99. The lowest BCUT2D eigenvalue weighted by atomic mass is 9.92. The zero-order valence-electron chi connectivity index (χ0n) is 23.8. The molecule has 4 nitrogen and oxygen atoms in total. The van der Waals surface area contributed by atoms with Crippen LogP contribution in [0.5, 0.6) is 0 Å². The fourth-order valence-corrected chi connectivity index (χ4v) is 8.17. The number of para-hydroxylation sites is 1. The first-order valence-corrected chi connectivity index (χ1v) is 15.9. The molecule has 2 aliphatic heterocycles. The molecule has 0 radical (unpaired) electrons. The molecule has 1 N–H and O–H groups in total. The van der Waals surface area contributed by atoms with Crippen molar-refractivity contribution in [3.63, 3.8) is 0 Å². The van der Waals surface area contributed by atoms with Crippen molar-refractivity contribution in [3.8, 4) is 5.69 Å². The van der Waals surface area contributed by atoms with Crippen molar-refractivity contribution in [1.29, 1.82) is 0 Å². The Morgan fingerprint density at radius 2 is 1.30 bits per heavy atom. The molecule has 0 saturated heterocycles. The molecule has 0 saturated carbocycles. The third-order valence-corrected chi connectivity index (χ3v) is 10.2. The molecule has 0 amide bonds. The van der Waals surface area contributed by atoms with Gasteiger partial charge in [0.05, 0.1) is 11.0 Å². The lowest BCUT2D eigenvalue weighted by Crippen LogP contribution is -2.36. The van der Waals surface area contributed by atoms with Gasteiger partial charge in [-0.3, -0.25) is 0 Å². The first-order chi connectivity index (χ1) is 21.8. The third kappa shape index (κ3) is 4.08. The Morgan fingerprint density at radius 3 is 2.09 bits per heavy atom. The summed E-state index contributed by atoms with van der Waals surface area (Å²) in [5.41, 5.74) is 8.23. The quantitative estimate of drug-likeness (QED) is 0.225. The molecule has 5 aromatic carbocycles. The Hall–Kier alpha value is -5.13. The van der Waals surface area contributed by atoms with Crippen molar-refractivity contribution in [2.45, 2.75) is 22.2 Å². The maximum atomic E-state index is 5.07. The van der Waals surface area contributed by atoms with Gasteiger partial charge in [-0.25, -0.2) is 9.98 Å². The van der Waals surface area contributed by atoms with Gasteiger partial charge < -0.3 is 9.88 Å². The van der Waals surface area contributed by atoms with Gasteiger partial charge in [0, 0.05) is 43.7 Å². The predicted octanol–water partition coefficient (Wildman–Crippen LogP) is 8.96. The minimum atomic E-state index is -0.314. The minimum absolute atomic E-state index is 0.314. The lowest BCUT2D eigenvalue weighted by Gasteiger charge is -2.22. The van der Waals surface area contributed by atoms with E-state index < -0.39 is 0 Å². The number of aliphatic imine (C=N–C) groups is 2. The van der Waals surface area contributed by atoms with Crippen LogP contribution >= 0.6 is 11.8 Å². The van der Waals surface area contributed by atoms with Crippen molar-refractivity contribution in [1.82, 2.24) is 9.88 Å². The largest absolute Gasteiger partial charge is 0.324 e. The van der Waals surface area contributed by atoms with E-state index in [2.05, 4.69) is 119 Å². The van der Waals surface area contributed by atoms with Crippen molar-refractivity contribution < 1.29 is 0 Å². The standard InChI is InChI=1S/C39H28N4S/c1-3-11-25(12-4-1)37-40-38(26-13-5-2-6-14-26)42-39(41-37)27-19-21-28(22-20-27)43-33-17-9-7-15-29(33)31-23-24-32-30-16-8-10-18-34(30)44-36(32)35(31)43/h1-24,30,34,37H,(H,40,41,42). The molecule has 3 aliphatic rings. The van der Waals surface area contributed by atoms with Crippen LogP contribution in [0.1, 0.15) is 34.3 Å². The van der Waals surface area contributed by atoms with Gasteiger partial charge in [0.25, 0.3) is 0 Å². The van der Waals surface area contributed by atoms with Gasteiger partial charge in [-0.05, 0) is 41.5 Å². The van der Waals surface area contributed by atoms with Crippen LogP contribution in [-0.4, -0.2) is 21.5 Å². The van der Waals surface area contributed by atoms with Crippen LogP contribution < -0.4 is 5.32 Å². The second kappa shape index (κ2) is 10.2. The summed E-state index contributed by atoms with van der Waals surface area (Å²) in [6.45, 7) is 0. The number of nitrogens with one attached hydrogen (secondary N) is 1. The molecule has 3 unspecified atom stereocenters. The van der Waals surface area contributed by atoms with E-state index in [1.807, 2.05) is 48.2 Å². The Morgan fingerprint density at radius 1 is 0.614 bits per heavy atom. The number of nitrogens with zero attached hydrogens (tertiary/aromatic N) is 3. The molecule has 6 aromatic rings. The highest BCUT2D eigenvalue weighted by Gasteiger charge is 2.34. The molecular weight excluding hydrogens is 557 g/mol. The van der Waals surface area contributed by atoms with Crippen molar-refractivity contribution in [2.24, 2.45) is 9.98 Å². The zero-order chi connectivity index (χ0) is 29.0. The molecule has 9 rings (SSSR count). The maximum absolute atomic E-state index is 5.07. The van der Waals surface area contributed by atoms with Crippen molar-refractivity contribution in [2.75, 3.05) is 0 Å². The smallest absolute Gasteiger partial charge is 0.169 e. The highest BCUT2D eigenvalue weighted by molar-refractivity contribution is 8.00. The molecule has 0 fully saturated rings. The molecular formula is C39H28N4S. The average molecular weight is 585 g/mol. The number of fused-ring (bicyclic) bond motifs is 7. The molecule has 44 heavy (non-hydrogen) atoms. The second-order valence-corrected chi connectivity index (χ2v) is 12.6. The van der Waals surface area contributed by atoms with Gasteiger partial charge in [0.2, 0.25) is 0 Å². The third-order valence-electron chi connectivity index (χ3n) is 8.80. The summed E-state index contributed by atoms with van der Waals surface area (Å²) in [4.78, 5) is 11.5. The number of hydrogen-bond donors (Lipinski definition) is 1. The maximum Gasteiger partial charge on any atom is 0.169 e. The number of allylic oxidation sites excluding steroid dienone is 3. The number of hydrogen-bond acceptors (Lipinski definition) is 4. The summed E-state index contributed by atoms with van der Waals surface area (Å²) in [5, 5.41) is 6.57. The van der Waals surface area contributed by atoms with Crippen LogP contribution in [0.25, 0.3) is 27.5 Å². The number of aromatic nitrogens is 1. The number of thioether (sulfide) groups is 1. The number of rotatable bonds is 4.